The zero-order chi connectivity index (χ0) is 17.9. The number of rotatable bonds is 6. The summed E-state index contributed by atoms with van der Waals surface area (Å²) in [5.74, 6) is 1.04. The number of halogens is 3. The number of nitrogens with zero attached hydrogens (tertiary/aromatic N) is 2. The van der Waals surface area contributed by atoms with E-state index in [1.807, 2.05) is 6.07 Å². The number of furan rings is 1. The molecule has 0 aliphatic heterocycles. The summed E-state index contributed by atoms with van der Waals surface area (Å²) in [5.41, 5.74) is 0.501. The molecule has 0 amide bonds. The molecule has 0 bridgehead atoms. The van der Waals surface area contributed by atoms with Crippen LogP contribution in [0.1, 0.15) is 22.6 Å². The van der Waals surface area contributed by atoms with Gasteiger partial charge in [-0.15, -0.1) is 0 Å². The van der Waals surface area contributed by atoms with Gasteiger partial charge in [-0.1, -0.05) is 30.0 Å². The van der Waals surface area contributed by atoms with Crippen LogP contribution in [0.25, 0.3) is 0 Å². The minimum Gasteiger partial charge on any atom is -0.467 e. The zero-order valence-corrected chi connectivity index (χ0v) is 13.8. The van der Waals surface area contributed by atoms with E-state index in [0.29, 0.717) is 34.5 Å². The molecule has 4 nitrogen and oxygen atoms in total. The van der Waals surface area contributed by atoms with Gasteiger partial charge < -0.3 is 14.1 Å². The second-order valence-corrected chi connectivity index (χ2v) is 6.29. The summed E-state index contributed by atoms with van der Waals surface area (Å²) in [4.78, 5) is 4.26. The summed E-state index contributed by atoms with van der Waals surface area (Å²) in [6.07, 6.45) is -1.25. The van der Waals surface area contributed by atoms with Gasteiger partial charge in [-0.3, -0.25) is 0 Å². The Balaban J connectivity index is 1.76. The number of thioether (sulfide) groups is 1. The third-order valence-corrected chi connectivity index (χ3v) is 4.64. The van der Waals surface area contributed by atoms with Crippen molar-refractivity contribution in [2.45, 2.75) is 30.2 Å². The Bertz CT molecular complexity index is 829. The molecule has 25 heavy (non-hydrogen) atoms. The molecular weight excluding hydrogens is 353 g/mol. The maximum Gasteiger partial charge on any atom is 0.416 e. The molecule has 1 N–H and O–H groups in total. The van der Waals surface area contributed by atoms with Gasteiger partial charge >= 0.3 is 6.18 Å². The van der Waals surface area contributed by atoms with Gasteiger partial charge in [0.15, 0.2) is 5.16 Å². The first-order valence-electron chi connectivity index (χ1n) is 7.44. The normalized spacial score (nSPS) is 11.8. The minimum absolute atomic E-state index is 0.183. The highest BCUT2D eigenvalue weighted by atomic mass is 32.2. The molecule has 1 aromatic carbocycles. The van der Waals surface area contributed by atoms with Crippen LogP contribution in [-0.2, 0) is 25.1 Å². The van der Waals surface area contributed by atoms with Gasteiger partial charge in [0.1, 0.15) is 5.76 Å². The number of aliphatic hydroxyl groups is 1. The largest absolute Gasteiger partial charge is 0.467 e. The third-order valence-electron chi connectivity index (χ3n) is 3.58. The van der Waals surface area contributed by atoms with Gasteiger partial charge in [0.25, 0.3) is 0 Å². The second kappa shape index (κ2) is 7.37. The number of imidazole rings is 1. The molecule has 0 unspecified atom stereocenters. The predicted octanol–water partition coefficient (Wildman–Crippen LogP) is 4.33. The summed E-state index contributed by atoms with van der Waals surface area (Å²) in [5, 5.41) is 10.1. The molecule has 3 rings (SSSR count). The van der Waals surface area contributed by atoms with Crippen molar-refractivity contribution < 1.29 is 22.7 Å². The van der Waals surface area contributed by atoms with Gasteiger partial charge in [-0.05, 0) is 23.8 Å². The van der Waals surface area contributed by atoms with Crippen molar-refractivity contribution in [2.24, 2.45) is 0 Å². The first-order chi connectivity index (χ1) is 12.0. The first kappa shape index (κ1) is 17.6. The van der Waals surface area contributed by atoms with E-state index in [2.05, 4.69) is 4.98 Å². The van der Waals surface area contributed by atoms with Crippen molar-refractivity contribution in [3.05, 3.63) is 71.4 Å². The van der Waals surface area contributed by atoms with Crippen LogP contribution in [0.4, 0.5) is 13.2 Å². The molecule has 0 saturated heterocycles. The SMILES string of the molecule is OCc1cnc(SCc2cccc(C(F)(F)F)c2)n1Cc1ccco1. The lowest BCUT2D eigenvalue weighted by Gasteiger charge is -2.10. The van der Waals surface area contributed by atoms with Crippen molar-refractivity contribution in [3.8, 4) is 0 Å². The number of aliphatic hydroxyl groups excluding tert-OH is 1. The molecule has 0 saturated carbocycles. The fraction of sp³-hybridized carbons (Fsp3) is 0.235. The van der Waals surface area contributed by atoms with E-state index >= 15 is 0 Å². The standard InChI is InChI=1S/C17H15F3N2O2S/c18-17(19,20)13-4-1-3-12(7-13)11-25-16-21-8-14(10-23)22(16)9-15-5-2-6-24-15/h1-8,23H,9-11H2. The molecule has 3 aromatic rings. The van der Waals surface area contributed by atoms with Crippen LogP contribution in [0.3, 0.4) is 0 Å². The van der Waals surface area contributed by atoms with Crippen molar-refractivity contribution >= 4 is 11.8 Å². The smallest absolute Gasteiger partial charge is 0.416 e. The average Bonchev–Trinajstić information content (AvgIpc) is 3.23. The molecule has 132 valence electrons. The highest BCUT2D eigenvalue weighted by molar-refractivity contribution is 7.98. The fourth-order valence-electron chi connectivity index (χ4n) is 2.35. The molecule has 0 spiro atoms. The van der Waals surface area contributed by atoms with Gasteiger partial charge in [0.2, 0.25) is 0 Å². The summed E-state index contributed by atoms with van der Waals surface area (Å²) >= 11 is 1.31. The van der Waals surface area contributed by atoms with E-state index in [1.54, 1.807) is 29.2 Å². The van der Waals surface area contributed by atoms with E-state index in [0.717, 1.165) is 12.1 Å². The van der Waals surface area contributed by atoms with Crippen LogP contribution in [0.2, 0.25) is 0 Å². The number of hydrogen-bond acceptors (Lipinski definition) is 4. The molecule has 0 aliphatic carbocycles. The lowest BCUT2D eigenvalue weighted by molar-refractivity contribution is -0.137. The summed E-state index contributed by atoms with van der Waals surface area (Å²) in [7, 11) is 0. The lowest BCUT2D eigenvalue weighted by Crippen LogP contribution is -2.06. The average molecular weight is 368 g/mol. The Hall–Kier alpha value is -2.19. The highest BCUT2D eigenvalue weighted by Crippen LogP contribution is 2.31. The number of hydrogen-bond donors (Lipinski definition) is 1. The van der Waals surface area contributed by atoms with E-state index in [9.17, 15) is 18.3 Å². The van der Waals surface area contributed by atoms with Crippen molar-refractivity contribution in [1.29, 1.82) is 0 Å². The zero-order valence-electron chi connectivity index (χ0n) is 13.0. The van der Waals surface area contributed by atoms with Gasteiger partial charge in [-0.25, -0.2) is 4.98 Å². The molecule has 2 aromatic heterocycles. The minimum atomic E-state index is -4.36. The lowest BCUT2D eigenvalue weighted by atomic mass is 10.1. The Morgan fingerprint density at radius 3 is 2.72 bits per heavy atom. The number of benzene rings is 1. The predicted molar refractivity (Wildman–Crippen MR) is 87.0 cm³/mol. The molecule has 0 aliphatic rings. The maximum atomic E-state index is 12.8. The van der Waals surface area contributed by atoms with Crippen LogP contribution in [0, 0.1) is 0 Å². The third kappa shape index (κ3) is 4.26. The van der Waals surface area contributed by atoms with E-state index in [1.165, 1.54) is 17.8 Å². The quantitative estimate of drug-likeness (QED) is 0.658. The number of alkyl halides is 3. The van der Waals surface area contributed by atoms with Crippen molar-refractivity contribution in [1.82, 2.24) is 9.55 Å². The van der Waals surface area contributed by atoms with E-state index in [-0.39, 0.29) is 6.61 Å². The van der Waals surface area contributed by atoms with E-state index < -0.39 is 11.7 Å². The van der Waals surface area contributed by atoms with E-state index in [4.69, 9.17) is 4.42 Å². The Kier molecular flexibility index (Phi) is 5.19. The van der Waals surface area contributed by atoms with Crippen LogP contribution >= 0.6 is 11.8 Å². The van der Waals surface area contributed by atoms with Gasteiger partial charge in [0, 0.05) is 5.75 Å². The summed E-state index contributed by atoms with van der Waals surface area (Å²) in [6.45, 7) is 0.214. The van der Waals surface area contributed by atoms with Crippen LogP contribution in [-0.4, -0.2) is 14.7 Å². The van der Waals surface area contributed by atoms with Crippen LogP contribution in [0.15, 0.2) is 58.4 Å². The Morgan fingerprint density at radius 1 is 1.20 bits per heavy atom. The van der Waals surface area contributed by atoms with Crippen molar-refractivity contribution in [2.75, 3.05) is 0 Å². The summed E-state index contributed by atoms with van der Waals surface area (Å²) < 4.78 is 45.5. The number of aromatic nitrogens is 2. The second-order valence-electron chi connectivity index (χ2n) is 5.34. The monoisotopic (exact) mass is 368 g/mol. The molecular formula is C17H15F3N2O2S. The summed E-state index contributed by atoms with van der Waals surface area (Å²) in [6, 6.07) is 8.81. The topological polar surface area (TPSA) is 51.2 Å². The molecule has 0 radical (unpaired) electrons. The van der Waals surface area contributed by atoms with Crippen LogP contribution in [0.5, 0.6) is 0 Å². The Morgan fingerprint density at radius 2 is 2.04 bits per heavy atom. The molecule has 8 heteroatoms. The first-order valence-corrected chi connectivity index (χ1v) is 8.42. The molecule has 0 atom stereocenters. The van der Waals surface area contributed by atoms with Crippen LogP contribution < -0.4 is 0 Å². The Labute approximate surface area is 146 Å². The maximum absolute atomic E-state index is 12.8. The van der Waals surface area contributed by atoms with Gasteiger partial charge in [-0.2, -0.15) is 13.2 Å². The molecule has 2 heterocycles. The molecule has 0 fully saturated rings. The fourth-order valence-corrected chi connectivity index (χ4v) is 3.29. The van der Waals surface area contributed by atoms with Crippen molar-refractivity contribution in [3.63, 3.8) is 0 Å². The highest BCUT2D eigenvalue weighted by Gasteiger charge is 2.30. The van der Waals surface area contributed by atoms with Gasteiger partial charge in [0.05, 0.1) is 36.9 Å².